The third-order valence-electron chi connectivity index (χ3n) is 3.15. The van der Waals surface area contributed by atoms with E-state index in [0.29, 0.717) is 12.5 Å². The number of allylic oxidation sites excluding steroid dienone is 1. The van der Waals surface area contributed by atoms with Crippen molar-refractivity contribution >= 4 is 30.5 Å². The first kappa shape index (κ1) is 17.3. The molecule has 2 rings (SSSR count). The fraction of sp³-hybridized carbons (Fsp3) is 0.250. The van der Waals surface area contributed by atoms with Gasteiger partial charge in [0.25, 0.3) is 5.95 Å². The quantitative estimate of drug-likeness (QED) is 0.371. The van der Waals surface area contributed by atoms with Crippen LogP contribution in [0.15, 0.2) is 36.7 Å². The van der Waals surface area contributed by atoms with Gasteiger partial charge in [-0.2, -0.15) is 10.6 Å². The monoisotopic (exact) mass is 332 g/mol. The van der Waals surface area contributed by atoms with Crippen LogP contribution < -0.4 is 10.7 Å². The van der Waals surface area contributed by atoms with Crippen LogP contribution in [0, 0.1) is 6.92 Å². The third kappa shape index (κ3) is 5.55. The molecule has 0 aliphatic carbocycles. The number of rotatable bonds is 6. The van der Waals surface area contributed by atoms with Gasteiger partial charge in [-0.15, -0.1) is 0 Å². The summed E-state index contributed by atoms with van der Waals surface area (Å²) in [6.07, 6.45) is 7.44. The number of hydrogen-bond acceptors (Lipinski definition) is 6. The molecule has 1 aromatic carbocycles. The minimum Gasteiger partial charge on any atom is -0.378 e. The molecular weight excluding hydrogens is 310 g/mol. The van der Waals surface area contributed by atoms with Crippen molar-refractivity contribution in [1.29, 1.82) is 0 Å². The molecule has 0 bridgehead atoms. The van der Waals surface area contributed by atoms with Crippen LogP contribution in [-0.2, 0) is 6.54 Å². The Kier molecular flexibility index (Phi) is 5.59. The molecule has 0 saturated carbocycles. The summed E-state index contributed by atoms with van der Waals surface area (Å²) in [5, 5.41) is 12.8. The Bertz CT molecular complexity index is 680. The van der Waals surface area contributed by atoms with Crippen LogP contribution in [0.25, 0.3) is 6.08 Å². The molecule has 1 aromatic heterocycles. The fourth-order valence-electron chi connectivity index (χ4n) is 2.03. The Balaban J connectivity index is 1.99. The number of quaternary nitrogens is 1. The summed E-state index contributed by atoms with van der Waals surface area (Å²) >= 11 is 3.90. The number of hydrogen-bond donors (Lipinski definition) is 4. The molecule has 0 aliphatic heterocycles. The number of nitrogens with zero attached hydrogens (tertiary/aromatic N) is 3. The van der Waals surface area contributed by atoms with E-state index in [2.05, 4.69) is 64.7 Å². The number of hydroxylamine groups is 1. The van der Waals surface area contributed by atoms with Gasteiger partial charge in [-0.05, 0) is 40.8 Å². The van der Waals surface area contributed by atoms with Crippen molar-refractivity contribution in [2.45, 2.75) is 20.4 Å². The summed E-state index contributed by atoms with van der Waals surface area (Å²) in [4.78, 5) is 8.23. The van der Waals surface area contributed by atoms with Crippen molar-refractivity contribution in [2.75, 3.05) is 17.8 Å². The van der Waals surface area contributed by atoms with E-state index in [1.54, 1.807) is 12.4 Å². The van der Waals surface area contributed by atoms with Crippen LogP contribution in [0.4, 0.5) is 11.6 Å². The first-order valence-electron chi connectivity index (χ1n) is 7.26. The van der Waals surface area contributed by atoms with Gasteiger partial charge in [0, 0.05) is 6.54 Å². The van der Waals surface area contributed by atoms with Crippen molar-refractivity contribution in [2.24, 2.45) is 0 Å². The molecule has 7 heteroatoms. The van der Waals surface area contributed by atoms with Gasteiger partial charge in [-0.3, -0.25) is 0 Å². The maximum atomic E-state index is 9.47. The molecule has 0 spiro atoms. The molecule has 6 nitrogen and oxygen atoms in total. The molecule has 1 heterocycles. The van der Waals surface area contributed by atoms with Crippen molar-refractivity contribution in [3.05, 3.63) is 53.4 Å². The van der Waals surface area contributed by atoms with Gasteiger partial charge in [0.2, 0.25) is 0 Å². The van der Waals surface area contributed by atoms with E-state index in [0.717, 1.165) is 5.69 Å². The standard InChI is InChI=1S/C16H22N5OS/c1-4-5-14-8-13(7-6-12(14)2)9-17-15-10-18-16(19-11-15)20-21(3,22)23/h4-8,10-11,17,22-23H,9H2,1-3H3,(H,18,19,20)/q+1/b5-4-. The van der Waals surface area contributed by atoms with Crippen molar-refractivity contribution in [1.82, 2.24) is 9.97 Å². The summed E-state index contributed by atoms with van der Waals surface area (Å²) in [5.41, 5.74) is 7.06. The maximum Gasteiger partial charge on any atom is 0.273 e. The van der Waals surface area contributed by atoms with Gasteiger partial charge in [-0.1, -0.05) is 24.3 Å². The van der Waals surface area contributed by atoms with E-state index in [1.165, 1.54) is 23.7 Å². The molecule has 0 saturated heterocycles. The van der Waals surface area contributed by atoms with Crippen LogP contribution >= 0.6 is 12.8 Å². The topological polar surface area (TPSA) is 70.1 Å². The van der Waals surface area contributed by atoms with Crippen LogP contribution in [-0.4, -0.2) is 26.4 Å². The highest BCUT2D eigenvalue weighted by atomic mass is 32.1. The summed E-state index contributed by atoms with van der Waals surface area (Å²) < 4.78 is -0.732. The van der Waals surface area contributed by atoms with Crippen LogP contribution in [0.3, 0.4) is 0 Å². The van der Waals surface area contributed by atoms with E-state index in [4.69, 9.17) is 0 Å². The van der Waals surface area contributed by atoms with E-state index >= 15 is 0 Å². The lowest BCUT2D eigenvalue weighted by atomic mass is 10.0. The van der Waals surface area contributed by atoms with Gasteiger partial charge in [0.15, 0.2) is 0 Å². The zero-order valence-corrected chi connectivity index (χ0v) is 14.4. The SMILES string of the molecule is C/C=C\c1cc(CNc2cnc(N[N+](C)(O)S)nc2)ccc1C. The zero-order valence-electron chi connectivity index (χ0n) is 13.5. The Labute approximate surface area is 142 Å². The van der Waals surface area contributed by atoms with Gasteiger partial charge in [0.1, 0.15) is 19.9 Å². The van der Waals surface area contributed by atoms with Crippen molar-refractivity contribution in [3.8, 4) is 0 Å². The normalized spacial score (nSPS) is 13.8. The van der Waals surface area contributed by atoms with Crippen LogP contribution in [0.5, 0.6) is 0 Å². The Morgan fingerprint density at radius 3 is 2.61 bits per heavy atom. The first-order chi connectivity index (χ1) is 10.9. The lowest BCUT2D eigenvalue weighted by Gasteiger charge is -2.16. The molecule has 0 aliphatic rings. The highest BCUT2D eigenvalue weighted by Crippen LogP contribution is 2.15. The van der Waals surface area contributed by atoms with Crippen molar-refractivity contribution < 1.29 is 9.37 Å². The predicted molar refractivity (Wildman–Crippen MR) is 95.8 cm³/mol. The Morgan fingerprint density at radius 2 is 2.00 bits per heavy atom. The fourth-order valence-corrected chi connectivity index (χ4v) is 2.12. The number of anilines is 2. The van der Waals surface area contributed by atoms with E-state index < -0.39 is 4.16 Å². The summed E-state index contributed by atoms with van der Waals surface area (Å²) in [5.74, 6) is 0.293. The smallest absolute Gasteiger partial charge is 0.273 e. The summed E-state index contributed by atoms with van der Waals surface area (Å²) in [6, 6.07) is 6.37. The second-order valence-corrected chi connectivity index (χ2v) is 6.14. The molecule has 1 unspecified atom stereocenters. The highest BCUT2D eigenvalue weighted by Gasteiger charge is 2.14. The second kappa shape index (κ2) is 7.45. The minimum absolute atomic E-state index is 0.293. The maximum absolute atomic E-state index is 9.47. The van der Waals surface area contributed by atoms with Gasteiger partial charge >= 0.3 is 0 Å². The molecule has 1 atom stereocenters. The lowest BCUT2D eigenvalue weighted by Crippen LogP contribution is -2.36. The highest BCUT2D eigenvalue weighted by molar-refractivity contribution is 7.74. The molecule has 122 valence electrons. The van der Waals surface area contributed by atoms with Gasteiger partial charge < -0.3 is 5.32 Å². The molecule has 23 heavy (non-hydrogen) atoms. The van der Waals surface area contributed by atoms with E-state index in [1.807, 2.05) is 13.0 Å². The van der Waals surface area contributed by atoms with Gasteiger partial charge in [-0.25, -0.2) is 9.97 Å². The molecule has 0 fully saturated rings. The van der Waals surface area contributed by atoms with E-state index in [9.17, 15) is 5.21 Å². The molecule has 3 N–H and O–H groups in total. The Morgan fingerprint density at radius 1 is 1.30 bits per heavy atom. The molecular formula is C16H22N5OS+. The number of aryl methyl sites for hydroxylation is 1. The Hall–Kier alpha value is -2.09. The lowest BCUT2D eigenvalue weighted by molar-refractivity contribution is -0.955. The number of thiol groups is 1. The van der Waals surface area contributed by atoms with Crippen LogP contribution in [0.1, 0.15) is 23.6 Å². The summed E-state index contributed by atoms with van der Waals surface area (Å²) in [7, 11) is 1.44. The van der Waals surface area contributed by atoms with E-state index in [-0.39, 0.29) is 0 Å². The second-order valence-electron chi connectivity index (χ2n) is 5.36. The average Bonchev–Trinajstić information content (AvgIpc) is 2.48. The number of nitrogens with one attached hydrogen (secondary N) is 2. The predicted octanol–water partition coefficient (Wildman–Crippen LogP) is 3.44. The zero-order chi connectivity index (χ0) is 16.9. The number of aromatic nitrogens is 2. The first-order valence-corrected chi connectivity index (χ1v) is 7.66. The van der Waals surface area contributed by atoms with Crippen molar-refractivity contribution in [3.63, 3.8) is 0 Å². The summed E-state index contributed by atoms with van der Waals surface area (Å²) in [6.45, 7) is 4.79. The minimum atomic E-state index is -0.732. The van der Waals surface area contributed by atoms with Gasteiger partial charge in [0.05, 0.1) is 18.1 Å². The largest absolute Gasteiger partial charge is 0.378 e. The average molecular weight is 332 g/mol. The third-order valence-corrected chi connectivity index (χ3v) is 3.25. The molecule has 0 radical (unpaired) electrons. The molecule has 2 aromatic rings. The van der Waals surface area contributed by atoms with Crippen LogP contribution in [0.2, 0.25) is 0 Å². The number of benzene rings is 1. The molecule has 0 amide bonds.